The molecular formula is C21H24N2O5. The molecule has 0 heterocycles. The van der Waals surface area contributed by atoms with Crippen molar-refractivity contribution in [2.24, 2.45) is 5.92 Å². The fraction of sp³-hybridized carbons (Fsp3) is 0.286. The van der Waals surface area contributed by atoms with Crippen LogP contribution in [0, 0.1) is 5.92 Å². The first-order chi connectivity index (χ1) is 13.4. The first-order valence-electron chi connectivity index (χ1n) is 8.95. The van der Waals surface area contributed by atoms with Crippen LogP contribution in [0.25, 0.3) is 0 Å². The van der Waals surface area contributed by atoms with E-state index in [-0.39, 0.29) is 17.4 Å². The number of carbonyl (C=O) groups is 3. The lowest BCUT2D eigenvalue weighted by Gasteiger charge is -2.21. The van der Waals surface area contributed by atoms with Crippen LogP contribution in [-0.2, 0) is 4.79 Å². The number of para-hydroxylation sites is 1. The van der Waals surface area contributed by atoms with Gasteiger partial charge in [0.25, 0.3) is 11.8 Å². The first-order valence-corrected chi connectivity index (χ1v) is 8.95. The molecule has 0 saturated carbocycles. The monoisotopic (exact) mass is 384 g/mol. The molecule has 0 unspecified atom stereocenters. The minimum absolute atomic E-state index is 0.193. The molecule has 0 spiro atoms. The van der Waals surface area contributed by atoms with E-state index in [4.69, 9.17) is 4.74 Å². The number of aliphatic carboxylic acids is 1. The van der Waals surface area contributed by atoms with E-state index in [2.05, 4.69) is 10.6 Å². The molecule has 3 N–H and O–H groups in total. The Morgan fingerprint density at radius 1 is 1.04 bits per heavy atom. The van der Waals surface area contributed by atoms with Gasteiger partial charge in [0.1, 0.15) is 11.8 Å². The maximum atomic E-state index is 12.7. The minimum Gasteiger partial charge on any atom is -0.497 e. The van der Waals surface area contributed by atoms with Crippen LogP contribution in [0.2, 0.25) is 0 Å². The van der Waals surface area contributed by atoms with Crippen molar-refractivity contribution in [3.8, 4) is 5.75 Å². The summed E-state index contributed by atoms with van der Waals surface area (Å²) in [6.07, 6.45) is 0.604. The van der Waals surface area contributed by atoms with Crippen molar-refractivity contribution in [3.63, 3.8) is 0 Å². The summed E-state index contributed by atoms with van der Waals surface area (Å²) in [5.41, 5.74) is 0.895. The molecule has 0 aliphatic carbocycles. The molecule has 2 atom stereocenters. The molecule has 7 heteroatoms. The maximum absolute atomic E-state index is 12.7. The molecule has 148 valence electrons. The number of ether oxygens (including phenoxy) is 1. The number of methoxy groups -OCH3 is 1. The Kier molecular flexibility index (Phi) is 7.14. The number of nitrogens with one attached hydrogen (secondary N) is 2. The molecule has 0 aliphatic heterocycles. The number of amides is 2. The third-order valence-corrected chi connectivity index (χ3v) is 4.54. The average molecular weight is 384 g/mol. The van der Waals surface area contributed by atoms with Gasteiger partial charge in [0.15, 0.2) is 0 Å². The van der Waals surface area contributed by atoms with Gasteiger partial charge in [-0.1, -0.05) is 32.4 Å². The van der Waals surface area contributed by atoms with E-state index < -0.39 is 17.9 Å². The summed E-state index contributed by atoms with van der Waals surface area (Å²) in [7, 11) is 1.54. The number of rotatable bonds is 8. The van der Waals surface area contributed by atoms with E-state index in [0.29, 0.717) is 23.4 Å². The van der Waals surface area contributed by atoms with E-state index in [9.17, 15) is 19.5 Å². The van der Waals surface area contributed by atoms with E-state index in [0.717, 1.165) is 0 Å². The van der Waals surface area contributed by atoms with Crippen LogP contribution in [-0.4, -0.2) is 36.0 Å². The van der Waals surface area contributed by atoms with Crippen LogP contribution in [0.5, 0.6) is 5.75 Å². The summed E-state index contributed by atoms with van der Waals surface area (Å²) in [5.74, 6) is -1.65. The lowest BCUT2D eigenvalue weighted by Crippen LogP contribution is -2.45. The van der Waals surface area contributed by atoms with Crippen molar-refractivity contribution in [1.82, 2.24) is 5.32 Å². The molecule has 0 bridgehead atoms. The van der Waals surface area contributed by atoms with Crippen LogP contribution in [0.15, 0.2) is 48.5 Å². The van der Waals surface area contributed by atoms with Gasteiger partial charge >= 0.3 is 5.97 Å². The van der Waals surface area contributed by atoms with E-state index >= 15 is 0 Å². The van der Waals surface area contributed by atoms with Gasteiger partial charge in [-0.2, -0.15) is 0 Å². The van der Waals surface area contributed by atoms with Crippen molar-refractivity contribution in [2.75, 3.05) is 12.4 Å². The summed E-state index contributed by atoms with van der Waals surface area (Å²) in [6.45, 7) is 3.62. The van der Waals surface area contributed by atoms with Crippen LogP contribution in [0.4, 0.5) is 5.69 Å². The number of benzene rings is 2. The molecule has 0 fully saturated rings. The van der Waals surface area contributed by atoms with Crippen molar-refractivity contribution in [3.05, 3.63) is 59.7 Å². The number of hydrogen-bond donors (Lipinski definition) is 3. The number of hydrogen-bond acceptors (Lipinski definition) is 4. The number of anilines is 1. The Labute approximate surface area is 163 Å². The van der Waals surface area contributed by atoms with Gasteiger partial charge in [-0.25, -0.2) is 4.79 Å². The van der Waals surface area contributed by atoms with E-state index in [1.807, 2.05) is 6.92 Å². The summed E-state index contributed by atoms with van der Waals surface area (Å²) < 4.78 is 5.07. The highest BCUT2D eigenvalue weighted by atomic mass is 16.5. The molecule has 2 aromatic rings. The summed E-state index contributed by atoms with van der Waals surface area (Å²) in [4.78, 5) is 36.6. The van der Waals surface area contributed by atoms with Crippen molar-refractivity contribution < 1.29 is 24.2 Å². The topological polar surface area (TPSA) is 105 Å². The highest BCUT2D eigenvalue weighted by molar-refractivity contribution is 6.09. The predicted octanol–water partition coefficient (Wildman–Crippen LogP) is 3.18. The fourth-order valence-electron chi connectivity index (χ4n) is 2.63. The molecule has 0 radical (unpaired) electrons. The second kappa shape index (κ2) is 9.55. The van der Waals surface area contributed by atoms with Crippen molar-refractivity contribution in [1.29, 1.82) is 0 Å². The van der Waals surface area contributed by atoms with Gasteiger partial charge in [0, 0.05) is 5.56 Å². The molecular weight excluding hydrogens is 360 g/mol. The summed E-state index contributed by atoms with van der Waals surface area (Å²) in [5, 5.41) is 14.6. The lowest BCUT2D eigenvalue weighted by atomic mass is 9.98. The highest BCUT2D eigenvalue weighted by Gasteiger charge is 2.26. The van der Waals surface area contributed by atoms with Crippen LogP contribution in [0.1, 0.15) is 41.0 Å². The van der Waals surface area contributed by atoms with Crippen molar-refractivity contribution in [2.45, 2.75) is 26.3 Å². The molecule has 2 amide bonds. The zero-order chi connectivity index (χ0) is 20.7. The highest BCUT2D eigenvalue weighted by Crippen LogP contribution is 2.19. The normalized spacial score (nSPS) is 12.5. The third-order valence-electron chi connectivity index (χ3n) is 4.54. The Morgan fingerprint density at radius 3 is 2.25 bits per heavy atom. The van der Waals surface area contributed by atoms with E-state index in [1.165, 1.54) is 13.2 Å². The van der Waals surface area contributed by atoms with Crippen LogP contribution < -0.4 is 15.4 Å². The van der Waals surface area contributed by atoms with Gasteiger partial charge in [-0.15, -0.1) is 0 Å². The third kappa shape index (κ3) is 5.09. The zero-order valence-corrected chi connectivity index (χ0v) is 16.1. The number of carbonyl (C=O) groups excluding carboxylic acids is 2. The van der Waals surface area contributed by atoms with Gasteiger partial charge < -0.3 is 20.5 Å². The number of carboxylic acid groups (broad SMARTS) is 1. The van der Waals surface area contributed by atoms with E-state index in [1.54, 1.807) is 49.4 Å². The molecule has 2 aromatic carbocycles. The predicted molar refractivity (Wildman–Crippen MR) is 106 cm³/mol. The van der Waals surface area contributed by atoms with Gasteiger partial charge in [-0.05, 0) is 42.3 Å². The van der Waals surface area contributed by atoms with Crippen LogP contribution >= 0.6 is 0 Å². The zero-order valence-electron chi connectivity index (χ0n) is 16.1. The quantitative estimate of drug-likeness (QED) is 0.648. The Morgan fingerprint density at radius 2 is 1.68 bits per heavy atom. The molecule has 0 saturated heterocycles. The standard InChI is InChI=1S/C21H24N2O5/c1-4-13(2)18(21(26)27)23-20(25)16-7-5-6-8-17(16)22-19(24)14-9-11-15(28-3)12-10-14/h5-13,18H,4H2,1-3H3,(H,22,24)(H,23,25)(H,26,27)/t13-,18+/m1/s1. The first kappa shape index (κ1) is 21.0. The number of carboxylic acids is 1. The maximum Gasteiger partial charge on any atom is 0.326 e. The lowest BCUT2D eigenvalue weighted by molar-refractivity contribution is -0.140. The smallest absolute Gasteiger partial charge is 0.326 e. The molecule has 7 nitrogen and oxygen atoms in total. The SMILES string of the molecule is CC[C@@H](C)[C@H](NC(=O)c1ccccc1NC(=O)c1ccc(OC)cc1)C(=O)O. The minimum atomic E-state index is -1.09. The Bertz CT molecular complexity index is 848. The molecule has 2 rings (SSSR count). The summed E-state index contributed by atoms with van der Waals surface area (Å²) >= 11 is 0. The fourth-order valence-corrected chi connectivity index (χ4v) is 2.63. The van der Waals surface area contributed by atoms with Gasteiger partial charge in [0.2, 0.25) is 0 Å². The summed E-state index contributed by atoms with van der Waals surface area (Å²) in [6, 6.07) is 12.0. The molecule has 0 aromatic heterocycles. The van der Waals surface area contributed by atoms with Crippen LogP contribution in [0.3, 0.4) is 0 Å². The molecule has 28 heavy (non-hydrogen) atoms. The second-order valence-electron chi connectivity index (χ2n) is 6.40. The molecule has 0 aliphatic rings. The largest absolute Gasteiger partial charge is 0.497 e. The second-order valence-corrected chi connectivity index (χ2v) is 6.40. The van der Waals surface area contributed by atoms with Gasteiger partial charge in [0.05, 0.1) is 18.4 Å². The van der Waals surface area contributed by atoms with Crippen molar-refractivity contribution >= 4 is 23.5 Å². The van der Waals surface area contributed by atoms with Gasteiger partial charge in [-0.3, -0.25) is 9.59 Å². The Balaban J connectivity index is 2.20. The Hall–Kier alpha value is -3.35. The average Bonchev–Trinajstić information content (AvgIpc) is 2.71.